The van der Waals surface area contributed by atoms with Crippen molar-refractivity contribution in [3.05, 3.63) is 60.0 Å². The number of benzene rings is 1. The molecule has 5 nitrogen and oxygen atoms in total. The van der Waals surface area contributed by atoms with Crippen LogP contribution in [0, 0.1) is 0 Å². The molecule has 1 aromatic carbocycles. The van der Waals surface area contributed by atoms with Crippen molar-refractivity contribution < 1.29 is 27.1 Å². The Balaban J connectivity index is 1.39. The Bertz CT molecular complexity index is 928. The molecular weight excluding hydrogens is 349 g/mol. The van der Waals surface area contributed by atoms with Crippen LogP contribution in [-0.4, -0.2) is 35.0 Å². The van der Waals surface area contributed by atoms with Crippen LogP contribution in [0.15, 0.2) is 53.1 Å². The van der Waals surface area contributed by atoms with E-state index in [0.717, 1.165) is 23.7 Å². The fourth-order valence-corrected chi connectivity index (χ4v) is 2.74. The second-order valence-corrected chi connectivity index (χ2v) is 5.98. The standard InChI is InChI=1S/C18H13F3N2O3/c19-18(20,21)12-5-6-22-16(8-12)25-13-9-23(10-13)17(24)15-7-11-3-1-2-4-14(11)26-15/h1-8,13H,9-10H2. The number of alkyl halides is 3. The molecule has 8 heteroatoms. The maximum absolute atomic E-state index is 12.7. The zero-order valence-electron chi connectivity index (χ0n) is 13.4. The summed E-state index contributed by atoms with van der Waals surface area (Å²) in [5, 5.41) is 0.831. The zero-order valence-corrected chi connectivity index (χ0v) is 13.4. The van der Waals surface area contributed by atoms with E-state index in [1.54, 1.807) is 12.1 Å². The van der Waals surface area contributed by atoms with Gasteiger partial charge in [0, 0.05) is 17.6 Å². The van der Waals surface area contributed by atoms with Gasteiger partial charge in [-0.25, -0.2) is 4.98 Å². The van der Waals surface area contributed by atoms with Crippen molar-refractivity contribution in [2.45, 2.75) is 12.3 Å². The summed E-state index contributed by atoms with van der Waals surface area (Å²) in [6, 6.07) is 10.7. The third kappa shape index (κ3) is 3.10. The molecule has 2 aromatic heterocycles. The highest BCUT2D eigenvalue weighted by atomic mass is 19.4. The Kier molecular flexibility index (Phi) is 3.82. The minimum absolute atomic E-state index is 0.110. The molecule has 4 rings (SSSR count). The van der Waals surface area contributed by atoms with E-state index in [4.69, 9.17) is 9.15 Å². The predicted molar refractivity (Wildman–Crippen MR) is 85.8 cm³/mol. The monoisotopic (exact) mass is 362 g/mol. The number of hydrogen-bond acceptors (Lipinski definition) is 4. The summed E-state index contributed by atoms with van der Waals surface area (Å²) in [4.78, 5) is 17.7. The fourth-order valence-electron chi connectivity index (χ4n) is 2.74. The quantitative estimate of drug-likeness (QED) is 0.712. The van der Waals surface area contributed by atoms with Crippen LogP contribution in [0.25, 0.3) is 11.0 Å². The normalized spacial score (nSPS) is 15.1. The number of ether oxygens (including phenoxy) is 1. The molecule has 26 heavy (non-hydrogen) atoms. The molecule has 0 N–H and O–H groups in total. The van der Waals surface area contributed by atoms with Gasteiger partial charge in [-0.2, -0.15) is 13.2 Å². The lowest BCUT2D eigenvalue weighted by Crippen LogP contribution is -2.56. The summed E-state index contributed by atoms with van der Waals surface area (Å²) in [6.07, 6.45) is -3.81. The van der Waals surface area contributed by atoms with E-state index in [1.165, 1.54) is 4.90 Å². The Morgan fingerprint density at radius 2 is 1.96 bits per heavy atom. The van der Waals surface area contributed by atoms with Crippen LogP contribution in [0.2, 0.25) is 0 Å². The first-order valence-electron chi connectivity index (χ1n) is 7.88. The van der Waals surface area contributed by atoms with Crippen molar-refractivity contribution in [1.82, 2.24) is 9.88 Å². The third-order valence-corrected chi connectivity index (χ3v) is 4.12. The first kappa shape index (κ1) is 16.4. The van der Waals surface area contributed by atoms with Gasteiger partial charge in [0.1, 0.15) is 11.7 Å². The number of furan rings is 1. The minimum Gasteiger partial charge on any atom is -0.471 e. The van der Waals surface area contributed by atoms with E-state index in [0.29, 0.717) is 5.58 Å². The first-order valence-corrected chi connectivity index (χ1v) is 7.88. The number of likely N-dealkylation sites (tertiary alicyclic amines) is 1. The smallest absolute Gasteiger partial charge is 0.416 e. The van der Waals surface area contributed by atoms with E-state index in [2.05, 4.69) is 4.98 Å². The Morgan fingerprint density at radius 1 is 1.19 bits per heavy atom. The van der Waals surface area contributed by atoms with Crippen LogP contribution in [-0.2, 0) is 6.18 Å². The van der Waals surface area contributed by atoms with Gasteiger partial charge in [-0.3, -0.25) is 4.79 Å². The molecule has 3 aromatic rings. The van der Waals surface area contributed by atoms with E-state index in [9.17, 15) is 18.0 Å². The van der Waals surface area contributed by atoms with Gasteiger partial charge in [0.25, 0.3) is 5.91 Å². The molecule has 0 saturated carbocycles. The molecule has 1 amide bonds. The number of nitrogens with zero attached hydrogens (tertiary/aromatic N) is 2. The summed E-state index contributed by atoms with van der Waals surface area (Å²) in [7, 11) is 0. The lowest BCUT2D eigenvalue weighted by atomic mass is 10.1. The zero-order chi connectivity index (χ0) is 18.3. The SMILES string of the molecule is O=C(c1cc2ccccc2o1)N1CC(Oc2cc(C(F)(F)F)ccn2)C1. The Morgan fingerprint density at radius 3 is 2.69 bits per heavy atom. The number of carbonyl (C=O) groups excluding carboxylic acids is 1. The highest BCUT2D eigenvalue weighted by Gasteiger charge is 2.35. The van der Waals surface area contributed by atoms with Crippen LogP contribution in [0.4, 0.5) is 13.2 Å². The summed E-state index contributed by atoms with van der Waals surface area (Å²) in [5.41, 5.74) is -0.200. The van der Waals surface area contributed by atoms with Gasteiger partial charge in [-0.05, 0) is 18.2 Å². The van der Waals surface area contributed by atoms with E-state index in [-0.39, 0.29) is 30.6 Å². The third-order valence-electron chi connectivity index (χ3n) is 4.12. The molecule has 0 bridgehead atoms. The van der Waals surface area contributed by atoms with Crippen molar-refractivity contribution in [1.29, 1.82) is 0 Å². The second-order valence-electron chi connectivity index (χ2n) is 5.98. The maximum Gasteiger partial charge on any atom is 0.416 e. The largest absolute Gasteiger partial charge is 0.471 e. The second kappa shape index (κ2) is 6.05. The van der Waals surface area contributed by atoms with E-state index >= 15 is 0 Å². The lowest BCUT2D eigenvalue weighted by molar-refractivity contribution is -0.137. The molecule has 0 radical (unpaired) electrons. The molecule has 134 valence electrons. The van der Waals surface area contributed by atoms with E-state index < -0.39 is 17.8 Å². The number of rotatable bonds is 3. The van der Waals surface area contributed by atoms with Gasteiger partial charge in [0.15, 0.2) is 5.76 Å². The average Bonchev–Trinajstić information content (AvgIpc) is 3.01. The fraction of sp³-hybridized carbons (Fsp3) is 0.222. The first-order chi connectivity index (χ1) is 12.4. The van der Waals surface area contributed by atoms with Crippen molar-refractivity contribution in [2.24, 2.45) is 0 Å². The van der Waals surface area contributed by atoms with Crippen molar-refractivity contribution in [3.63, 3.8) is 0 Å². The topological polar surface area (TPSA) is 55.6 Å². The van der Waals surface area contributed by atoms with Crippen molar-refractivity contribution in [3.8, 4) is 5.88 Å². The number of fused-ring (bicyclic) bond motifs is 1. The molecular formula is C18H13F3N2O3. The molecule has 0 aliphatic carbocycles. The van der Waals surface area contributed by atoms with Gasteiger partial charge in [-0.15, -0.1) is 0 Å². The highest BCUT2D eigenvalue weighted by molar-refractivity contribution is 5.96. The highest BCUT2D eigenvalue weighted by Crippen LogP contribution is 2.31. The summed E-state index contributed by atoms with van der Waals surface area (Å²) < 4.78 is 49.0. The van der Waals surface area contributed by atoms with Crippen LogP contribution < -0.4 is 4.74 Å². The van der Waals surface area contributed by atoms with Crippen LogP contribution in [0.1, 0.15) is 16.1 Å². The number of para-hydroxylation sites is 1. The number of amides is 1. The lowest BCUT2D eigenvalue weighted by Gasteiger charge is -2.38. The molecule has 1 fully saturated rings. The van der Waals surface area contributed by atoms with E-state index in [1.807, 2.05) is 18.2 Å². The molecule has 0 atom stereocenters. The number of halogens is 3. The summed E-state index contributed by atoms with van der Waals surface area (Å²) in [5.74, 6) is -0.166. The van der Waals surface area contributed by atoms with Crippen LogP contribution in [0.5, 0.6) is 5.88 Å². The van der Waals surface area contributed by atoms with Crippen molar-refractivity contribution >= 4 is 16.9 Å². The van der Waals surface area contributed by atoms with Gasteiger partial charge >= 0.3 is 6.18 Å². The molecule has 1 aliphatic rings. The Labute approximate surface area is 146 Å². The molecule has 0 spiro atoms. The van der Waals surface area contributed by atoms with Gasteiger partial charge < -0.3 is 14.1 Å². The van der Waals surface area contributed by atoms with Gasteiger partial charge in [0.05, 0.1) is 18.7 Å². The average molecular weight is 362 g/mol. The summed E-state index contributed by atoms with van der Waals surface area (Å²) >= 11 is 0. The van der Waals surface area contributed by atoms with Gasteiger partial charge in [-0.1, -0.05) is 18.2 Å². The molecule has 1 aliphatic heterocycles. The number of hydrogen-bond donors (Lipinski definition) is 0. The predicted octanol–water partition coefficient (Wildman–Crippen LogP) is 3.75. The number of carbonyl (C=O) groups is 1. The van der Waals surface area contributed by atoms with Gasteiger partial charge in [0.2, 0.25) is 5.88 Å². The number of pyridine rings is 1. The molecule has 0 unspecified atom stereocenters. The molecule has 1 saturated heterocycles. The minimum atomic E-state index is -4.45. The van der Waals surface area contributed by atoms with Crippen molar-refractivity contribution in [2.75, 3.05) is 13.1 Å². The molecule has 3 heterocycles. The maximum atomic E-state index is 12.7. The van der Waals surface area contributed by atoms with Crippen LogP contribution >= 0.6 is 0 Å². The number of aromatic nitrogens is 1. The Hall–Kier alpha value is -3.03. The summed E-state index contributed by atoms with van der Waals surface area (Å²) in [6.45, 7) is 0.515. The van der Waals surface area contributed by atoms with Crippen LogP contribution in [0.3, 0.4) is 0 Å².